The Labute approximate surface area is 116 Å². The second kappa shape index (κ2) is 6.45. The number of carbonyl (C=O) groups is 1. The van der Waals surface area contributed by atoms with Gasteiger partial charge in [-0.3, -0.25) is 9.69 Å². The maximum absolute atomic E-state index is 12.0. The number of hydrogen-bond donors (Lipinski definition) is 1. The lowest BCUT2D eigenvalue weighted by molar-refractivity contribution is -0.119. The molecule has 1 saturated heterocycles. The third-order valence-electron chi connectivity index (χ3n) is 3.35. The molecule has 3 nitrogen and oxygen atoms in total. The average Bonchev–Trinajstić information content (AvgIpc) is 2.35. The third-order valence-corrected chi connectivity index (χ3v) is 3.88. The molecule has 0 aromatic heterocycles. The van der Waals surface area contributed by atoms with Crippen LogP contribution in [0, 0.1) is 0 Å². The summed E-state index contributed by atoms with van der Waals surface area (Å²) in [5, 5.41) is 0. The van der Waals surface area contributed by atoms with E-state index in [1.807, 2.05) is 24.3 Å². The number of ketones is 1. The molecule has 0 atom stereocenters. The van der Waals surface area contributed by atoms with Gasteiger partial charge in [0.15, 0.2) is 5.78 Å². The molecule has 0 unspecified atom stereocenters. The Balaban J connectivity index is 1.80. The van der Waals surface area contributed by atoms with Gasteiger partial charge in [-0.05, 0) is 30.5 Å². The molecule has 1 heterocycles. The standard InChI is InChI=1S/C14H19BrN2O/c15-12-3-1-11(2-4-12)9-14(18)10-17-7-5-13(16)6-8-17/h1-4,13H,5-10,16H2. The molecule has 2 rings (SSSR count). The number of nitrogens with zero attached hydrogens (tertiary/aromatic N) is 1. The van der Waals surface area contributed by atoms with Gasteiger partial charge >= 0.3 is 0 Å². The van der Waals surface area contributed by atoms with Gasteiger partial charge < -0.3 is 5.73 Å². The van der Waals surface area contributed by atoms with E-state index in [9.17, 15) is 4.79 Å². The molecule has 18 heavy (non-hydrogen) atoms. The number of benzene rings is 1. The van der Waals surface area contributed by atoms with Crippen molar-refractivity contribution < 1.29 is 4.79 Å². The highest BCUT2D eigenvalue weighted by molar-refractivity contribution is 9.10. The first kappa shape index (κ1) is 13.7. The Bertz CT molecular complexity index is 397. The monoisotopic (exact) mass is 310 g/mol. The molecular weight excluding hydrogens is 292 g/mol. The molecule has 1 fully saturated rings. The van der Waals surface area contributed by atoms with Crippen molar-refractivity contribution in [3.63, 3.8) is 0 Å². The van der Waals surface area contributed by atoms with Gasteiger partial charge in [0.25, 0.3) is 0 Å². The number of likely N-dealkylation sites (tertiary alicyclic amines) is 1. The molecule has 98 valence electrons. The van der Waals surface area contributed by atoms with Crippen molar-refractivity contribution >= 4 is 21.7 Å². The molecule has 1 aromatic carbocycles. The van der Waals surface area contributed by atoms with Crippen LogP contribution in [0.5, 0.6) is 0 Å². The zero-order chi connectivity index (χ0) is 13.0. The number of Topliss-reactive ketones (excluding diaryl/α,β-unsaturated/α-hetero) is 1. The summed E-state index contributed by atoms with van der Waals surface area (Å²) in [6.45, 7) is 2.46. The van der Waals surface area contributed by atoms with Gasteiger partial charge in [-0.25, -0.2) is 0 Å². The Hall–Kier alpha value is -0.710. The number of rotatable bonds is 4. The smallest absolute Gasteiger partial charge is 0.151 e. The fraction of sp³-hybridized carbons (Fsp3) is 0.500. The van der Waals surface area contributed by atoms with E-state index in [1.54, 1.807) is 0 Å². The predicted molar refractivity (Wildman–Crippen MR) is 76.5 cm³/mol. The summed E-state index contributed by atoms with van der Waals surface area (Å²) in [6, 6.07) is 8.26. The fourth-order valence-corrected chi connectivity index (χ4v) is 2.51. The van der Waals surface area contributed by atoms with Gasteiger partial charge in [-0.1, -0.05) is 28.1 Å². The third kappa shape index (κ3) is 4.19. The lowest BCUT2D eigenvalue weighted by atomic mass is 10.0. The van der Waals surface area contributed by atoms with Crippen LogP contribution in [0.15, 0.2) is 28.7 Å². The van der Waals surface area contributed by atoms with Crippen LogP contribution in [-0.2, 0) is 11.2 Å². The molecule has 1 aliphatic rings. The highest BCUT2D eigenvalue weighted by Gasteiger charge is 2.18. The van der Waals surface area contributed by atoms with Crippen molar-refractivity contribution in [3.05, 3.63) is 34.3 Å². The lowest BCUT2D eigenvalue weighted by Crippen LogP contribution is -2.42. The highest BCUT2D eigenvalue weighted by Crippen LogP contribution is 2.12. The van der Waals surface area contributed by atoms with Crippen molar-refractivity contribution in [1.29, 1.82) is 0 Å². The Morgan fingerprint density at radius 1 is 1.28 bits per heavy atom. The van der Waals surface area contributed by atoms with E-state index in [2.05, 4.69) is 20.8 Å². The maximum Gasteiger partial charge on any atom is 0.151 e. The molecular formula is C14H19BrN2O. The molecule has 4 heteroatoms. The van der Waals surface area contributed by atoms with Gasteiger partial charge in [0.1, 0.15) is 0 Å². The molecule has 0 spiro atoms. The second-order valence-electron chi connectivity index (χ2n) is 4.96. The van der Waals surface area contributed by atoms with Crippen LogP contribution < -0.4 is 5.73 Å². The molecule has 0 aliphatic carbocycles. The zero-order valence-corrected chi connectivity index (χ0v) is 12.0. The van der Waals surface area contributed by atoms with E-state index < -0.39 is 0 Å². The summed E-state index contributed by atoms with van der Waals surface area (Å²) in [6.07, 6.45) is 2.53. The lowest BCUT2D eigenvalue weighted by Gasteiger charge is -2.29. The van der Waals surface area contributed by atoms with Crippen LogP contribution >= 0.6 is 15.9 Å². The number of carbonyl (C=O) groups excluding carboxylic acids is 1. The van der Waals surface area contributed by atoms with Crippen LogP contribution in [0.3, 0.4) is 0 Å². The Kier molecular flexibility index (Phi) is 4.92. The molecule has 2 N–H and O–H groups in total. The summed E-state index contributed by atoms with van der Waals surface area (Å²) >= 11 is 3.39. The Morgan fingerprint density at radius 3 is 2.50 bits per heavy atom. The number of hydrogen-bond acceptors (Lipinski definition) is 3. The van der Waals surface area contributed by atoms with Gasteiger partial charge in [0, 0.05) is 30.0 Å². The minimum atomic E-state index is 0.285. The molecule has 1 aromatic rings. The number of halogens is 1. The molecule has 0 amide bonds. The van der Waals surface area contributed by atoms with E-state index in [-0.39, 0.29) is 5.78 Å². The van der Waals surface area contributed by atoms with Crippen molar-refractivity contribution in [2.75, 3.05) is 19.6 Å². The summed E-state index contributed by atoms with van der Waals surface area (Å²) in [7, 11) is 0. The predicted octanol–water partition coefficient (Wildman–Crippen LogP) is 1.98. The van der Waals surface area contributed by atoms with Crippen LogP contribution in [-0.4, -0.2) is 36.4 Å². The molecule has 0 saturated carbocycles. The van der Waals surface area contributed by atoms with Gasteiger partial charge in [0.2, 0.25) is 0 Å². The van der Waals surface area contributed by atoms with E-state index in [0.29, 0.717) is 19.0 Å². The van der Waals surface area contributed by atoms with Crippen LogP contribution in [0.1, 0.15) is 18.4 Å². The topological polar surface area (TPSA) is 46.3 Å². The Morgan fingerprint density at radius 2 is 1.89 bits per heavy atom. The number of piperidine rings is 1. The van der Waals surface area contributed by atoms with Gasteiger partial charge in [-0.15, -0.1) is 0 Å². The van der Waals surface area contributed by atoms with E-state index in [4.69, 9.17) is 5.73 Å². The van der Waals surface area contributed by atoms with E-state index in [1.165, 1.54) is 0 Å². The van der Waals surface area contributed by atoms with Crippen molar-refractivity contribution in [1.82, 2.24) is 4.90 Å². The SMILES string of the molecule is NC1CCN(CC(=O)Cc2ccc(Br)cc2)CC1. The minimum absolute atomic E-state index is 0.285. The van der Waals surface area contributed by atoms with Crippen molar-refractivity contribution in [2.24, 2.45) is 5.73 Å². The first-order valence-corrected chi connectivity index (χ1v) is 7.17. The normalized spacial score (nSPS) is 17.9. The summed E-state index contributed by atoms with van der Waals surface area (Å²) in [5.41, 5.74) is 6.93. The number of nitrogens with two attached hydrogens (primary N) is 1. The molecule has 0 bridgehead atoms. The first-order chi connectivity index (χ1) is 8.63. The second-order valence-corrected chi connectivity index (χ2v) is 5.87. The largest absolute Gasteiger partial charge is 0.328 e. The van der Waals surface area contributed by atoms with E-state index >= 15 is 0 Å². The van der Waals surface area contributed by atoms with Gasteiger partial charge in [-0.2, -0.15) is 0 Å². The van der Waals surface area contributed by atoms with E-state index in [0.717, 1.165) is 36.0 Å². The average molecular weight is 311 g/mol. The fourth-order valence-electron chi connectivity index (χ4n) is 2.25. The van der Waals surface area contributed by atoms with Crippen molar-refractivity contribution in [3.8, 4) is 0 Å². The molecule has 0 radical (unpaired) electrons. The quantitative estimate of drug-likeness (QED) is 0.925. The maximum atomic E-state index is 12.0. The zero-order valence-electron chi connectivity index (χ0n) is 10.4. The minimum Gasteiger partial charge on any atom is -0.328 e. The van der Waals surface area contributed by atoms with Crippen molar-refractivity contribution in [2.45, 2.75) is 25.3 Å². The molecule has 1 aliphatic heterocycles. The van der Waals surface area contributed by atoms with Crippen LogP contribution in [0.4, 0.5) is 0 Å². The van der Waals surface area contributed by atoms with Gasteiger partial charge in [0.05, 0.1) is 6.54 Å². The van der Waals surface area contributed by atoms with Crippen LogP contribution in [0.2, 0.25) is 0 Å². The summed E-state index contributed by atoms with van der Waals surface area (Å²) in [4.78, 5) is 14.2. The summed E-state index contributed by atoms with van der Waals surface area (Å²) in [5.74, 6) is 0.285. The summed E-state index contributed by atoms with van der Waals surface area (Å²) < 4.78 is 1.05. The van der Waals surface area contributed by atoms with Crippen LogP contribution in [0.25, 0.3) is 0 Å². The first-order valence-electron chi connectivity index (χ1n) is 6.37. The highest BCUT2D eigenvalue weighted by atomic mass is 79.9.